The molecule has 0 spiro atoms. The first-order valence-corrected chi connectivity index (χ1v) is 6.58. The predicted octanol–water partition coefficient (Wildman–Crippen LogP) is 3.60. The SMILES string of the molecule is COc1ccccc1NC(CN)c1ccc(Cl)c(F)c1. The Morgan fingerprint density at radius 2 is 2.05 bits per heavy atom. The van der Waals surface area contributed by atoms with E-state index in [2.05, 4.69) is 5.32 Å². The molecule has 0 aliphatic carbocycles. The van der Waals surface area contributed by atoms with Crippen LogP contribution in [0.2, 0.25) is 5.02 Å². The Labute approximate surface area is 122 Å². The van der Waals surface area contributed by atoms with E-state index >= 15 is 0 Å². The molecule has 0 aromatic heterocycles. The molecule has 5 heteroatoms. The maximum atomic E-state index is 13.5. The summed E-state index contributed by atoms with van der Waals surface area (Å²) in [7, 11) is 1.60. The van der Waals surface area contributed by atoms with Crippen molar-refractivity contribution in [2.75, 3.05) is 19.0 Å². The van der Waals surface area contributed by atoms with Crippen molar-refractivity contribution in [3.05, 3.63) is 58.9 Å². The average molecular weight is 295 g/mol. The second-order valence-corrected chi connectivity index (χ2v) is 4.71. The molecular weight excluding hydrogens is 279 g/mol. The Morgan fingerprint density at radius 1 is 1.30 bits per heavy atom. The molecule has 1 unspecified atom stereocenters. The minimum absolute atomic E-state index is 0.0989. The Bertz CT molecular complexity index is 592. The van der Waals surface area contributed by atoms with Crippen LogP contribution in [-0.2, 0) is 0 Å². The third kappa shape index (κ3) is 3.21. The van der Waals surface area contributed by atoms with Crippen LogP contribution in [0.1, 0.15) is 11.6 Å². The van der Waals surface area contributed by atoms with Gasteiger partial charge < -0.3 is 15.8 Å². The molecule has 1 atom stereocenters. The van der Waals surface area contributed by atoms with Crippen molar-refractivity contribution in [1.29, 1.82) is 0 Å². The fraction of sp³-hybridized carbons (Fsp3) is 0.200. The Morgan fingerprint density at radius 3 is 2.70 bits per heavy atom. The molecule has 0 bridgehead atoms. The molecule has 20 heavy (non-hydrogen) atoms. The number of ether oxygens (including phenoxy) is 1. The average Bonchev–Trinajstić information content (AvgIpc) is 2.48. The number of methoxy groups -OCH3 is 1. The van der Waals surface area contributed by atoms with Crippen LogP contribution >= 0.6 is 11.6 Å². The van der Waals surface area contributed by atoms with E-state index in [-0.39, 0.29) is 11.1 Å². The zero-order chi connectivity index (χ0) is 14.5. The van der Waals surface area contributed by atoms with Gasteiger partial charge in [-0.3, -0.25) is 0 Å². The Hall–Kier alpha value is -1.78. The highest BCUT2D eigenvalue weighted by molar-refractivity contribution is 6.30. The summed E-state index contributed by atoms with van der Waals surface area (Å²) in [5, 5.41) is 3.35. The summed E-state index contributed by atoms with van der Waals surface area (Å²) < 4.78 is 18.8. The van der Waals surface area contributed by atoms with Crippen LogP contribution in [-0.4, -0.2) is 13.7 Å². The molecule has 0 heterocycles. The lowest BCUT2D eigenvalue weighted by Crippen LogP contribution is -2.21. The van der Waals surface area contributed by atoms with Gasteiger partial charge in [-0.15, -0.1) is 0 Å². The number of para-hydroxylation sites is 2. The van der Waals surface area contributed by atoms with E-state index in [4.69, 9.17) is 22.1 Å². The van der Waals surface area contributed by atoms with Crippen LogP contribution < -0.4 is 15.8 Å². The van der Waals surface area contributed by atoms with Crippen LogP contribution in [0.5, 0.6) is 5.75 Å². The molecule has 3 nitrogen and oxygen atoms in total. The van der Waals surface area contributed by atoms with Gasteiger partial charge in [0.05, 0.1) is 23.9 Å². The van der Waals surface area contributed by atoms with Crippen molar-refractivity contribution < 1.29 is 9.13 Å². The van der Waals surface area contributed by atoms with Crippen LogP contribution in [0.3, 0.4) is 0 Å². The molecule has 3 N–H and O–H groups in total. The van der Waals surface area contributed by atoms with Gasteiger partial charge in [-0.1, -0.05) is 29.8 Å². The molecule has 106 valence electrons. The minimum atomic E-state index is -0.454. The first kappa shape index (κ1) is 14.6. The second kappa shape index (κ2) is 6.59. The van der Waals surface area contributed by atoms with Crippen LogP contribution in [0, 0.1) is 5.82 Å². The fourth-order valence-corrected chi connectivity index (χ4v) is 2.08. The second-order valence-electron chi connectivity index (χ2n) is 4.31. The van der Waals surface area contributed by atoms with Crippen molar-refractivity contribution >= 4 is 17.3 Å². The summed E-state index contributed by atoms with van der Waals surface area (Å²) in [6.45, 7) is 0.319. The number of benzene rings is 2. The van der Waals surface area contributed by atoms with Crippen molar-refractivity contribution in [3.8, 4) is 5.75 Å². The van der Waals surface area contributed by atoms with Crippen molar-refractivity contribution in [2.24, 2.45) is 5.73 Å². The lowest BCUT2D eigenvalue weighted by Gasteiger charge is -2.20. The molecule has 0 fully saturated rings. The largest absolute Gasteiger partial charge is 0.495 e. The summed E-state index contributed by atoms with van der Waals surface area (Å²) in [6.07, 6.45) is 0. The normalized spacial score (nSPS) is 12.0. The van der Waals surface area contributed by atoms with Gasteiger partial charge in [0, 0.05) is 6.54 Å². The fourth-order valence-electron chi connectivity index (χ4n) is 1.96. The standard InChI is InChI=1S/C15H16ClFN2O/c1-20-15-5-3-2-4-13(15)19-14(9-18)10-6-7-11(16)12(17)8-10/h2-8,14,19H,9,18H2,1H3. The van der Waals surface area contributed by atoms with Gasteiger partial charge in [-0.05, 0) is 29.8 Å². The van der Waals surface area contributed by atoms with Crippen LogP contribution in [0.4, 0.5) is 10.1 Å². The lowest BCUT2D eigenvalue weighted by atomic mass is 10.1. The molecular formula is C15H16ClFN2O. The third-order valence-corrected chi connectivity index (χ3v) is 3.32. The minimum Gasteiger partial charge on any atom is -0.495 e. The quantitative estimate of drug-likeness (QED) is 0.886. The molecule has 2 aromatic carbocycles. The molecule has 0 saturated carbocycles. The van der Waals surface area contributed by atoms with E-state index in [1.54, 1.807) is 13.2 Å². The van der Waals surface area contributed by atoms with Gasteiger partial charge in [-0.2, -0.15) is 0 Å². The van der Waals surface area contributed by atoms with E-state index in [9.17, 15) is 4.39 Å². The monoisotopic (exact) mass is 294 g/mol. The van der Waals surface area contributed by atoms with Gasteiger partial charge in [0.2, 0.25) is 0 Å². The molecule has 0 saturated heterocycles. The third-order valence-electron chi connectivity index (χ3n) is 3.02. The van der Waals surface area contributed by atoms with Gasteiger partial charge in [0.1, 0.15) is 11.6 Å². The lowest BCUT2D eigenvalue weighted by molar-refractivity contribution is 0.416. The number of halogens is 2. The summed E-state index contributed by atoms with van der Waals surface area (Å²) in [5.74, 6) is 0.254. The van der Waals surface area contributed by atoms with E-state index < -0.39 is 5.82 Å². The van der Waals surface area contributed by atoms with E-state index in [1.165, 1.54) is 12.1 Å². The first-order chi connectivity index (χ1) is 9.65. The van der Waals surface area contributed by atoms with Crippen molar-refractivity contribution in [2.45, 2.75) is 6.04 Å². The van der Waals surface area contributed by atoms with Gasteiger partial charge in [0.25, 0.3) is 0 Å². The van der Waals surface area contributed by atoms with Gasteiger partial charge in [0.15, 0.2) is 0 Å². The summed E-state index contributed by atoms with van der Waals surface area (Å²) in [4.78, 5) is 0. The number of nitrogens with two attached hydrogens (primary N) is 1. The summed E-state index contributed by atoms with van der Waals surface area (Å²) in [6, 6.07) is 11.9. The van der Waals surface area contributed by atoms with Crippen molar-refractivity contribution in [3.63, 3.8) is 0 Å². The topological polar surface area (TPSA) is 47.3 Å². The maximum absolute atomic E-state index is 13.5. The highest BCUT2D eigenvalue weighted by Gasteiger charge is 2.13. The molecule has 0 aliphatic heterocycles. The number of rotatable bonds is 5. The number of nitrogens with one attached hydrogen (secondary N) is 1. The molecule has 0 aliphatic rings. The molecule has 0 amide bonds. The summed E-state index contributed by atoms with van der Waals surface area (Å²) in [5.41, 5.74) is 7.32. The van der Waals surface area contributed by atoms with E-state index in [1.807, 2.05) is 24.3 Å². The highest BCUT2D eigenvalue weighted by atomic mass is 35.5. The predicted molar refractivity (Wildman–Crippen MR) is 79.8 cm³/mol. The molecule has 0 radical (unpaired) electrons. The zero-order valence-corrected chi connectivity index (χ0v) is 11.8. The van der Waals surface area contributed by atoms with Crippen LogP contribution in [0.25, 0.3) is 0 Å². The Balaban J connectivity index is 2.26. The summed E-state index contributed by atoms with van der Waals surface area (Å²) >= 11 is 5.69. The molecule has 2 aromatic rings. The van der Waals surface area contributed by atoms with Gasteiger partial charge in [-0.25, -0.2) is 4.39 Å². The highest BCUT2D eigenvalue weighted by Crippen LogP contribution is 2.28. The smallest absolute Gasteiger partial charge is 0.142 e. The Kier molecular flexibility index (Phi) is 4.82. The van der Waals surface area contributed by atoms with Gasteiger partial charge >= 0.3 is 0 Å². The first-order valence-electron chi connectivity index (χ1n) is 6.20. The number of anilines is 1. The van der Waals surface area contributed by atoms with Crippen LogP contribution in [0.15, 0.2) is 42.5 Å². The number of hydrogen-bond acceptors (Lipinski definition) is 3. The van der Waals surface area contributed by atoms with E-state index in [0.29, 0.717) is 12.3 Å². The molecule has 2 rings (SSSR count). The number of hydrogen-bond donors (Lipinski definition) is 2. The van der Waals surface area contributed by atoms with Crippen molar-refractivity contribution in [1.82, 2.24) is 0 Å². The maximum Gasteiger partial charge on any atom is 0.142 e. The van der Waals surface area contributed by atoms with E-state index in [0.717, 1.165) is 11.3 Å². The zero-order valence-electron chi connectivity index (χ0n) is 11.1.